The second-order valence-corrected chi connectivity index (χ2v) is 7.22. The topological polar surface area (TPSA) is 74.7 Å². The van der Waals surface area contributed by atoms with Crippen molar-refractivity contribution >= 4 is 15.9 Å². The normalized spacial score (nSPS) is 20.6. The summed E-state index contributed by atoms with van der Waals surface area (Å²) < 4.78 is 23.4. The van der Waals surface area contributed by atoms with Crippen LogP contribution in [-0.4, -0.2) is 28.5 Å². The number of hydrogen-bond acceptors (Lipinski definition) is 4. The van der Waals surface area contributed by atoms with Crippen molar-refractivity contribution in [3.05, 3.63) is 35.4 Å². The molecule has 2 rings (SSSR count). The molecule has 98 valence electrons. The van der Waals surface area contributed by atoms with E-state index in [1.165, 1.54) is 13.8 Å². The van der Waals surface area contributed by atoms with E-state index in [4.69, 9.17) is 5.11 Å². The molecule has 1 aromatic rings. The fourth-order valence-electron chi connectivity index (χ4n) is 1.91. The molecular weight excluding hydrogens is 254 g/mol. The molecule has 0 unspecified atom stereocenters. The van der Waals surface area contributed by atoms with E-state index in [0.717, 1.165) is 4.31 Å². The molecule has 0 saturated carbocycles. The van der Waals surface area contributed by atoms with Crippen molar-refractivity contribution in [2.75, 3.05) is 0 Å². The summed E-state index contributed by atoms with van der Waals surface area (Å²) in [6.07, 6.45) is 0. The van der Waals surface area contributed by atoms with Gasteiger partial charge >= 0.3 is 0 Å². The molecule has 0 bridgehead atoms. The van der Waals surface area contributed by atoms with Crippen LogP contribution in [0.3, 0.4) is 0 Å². The third kappa shape index (κ3) is 1.72. The summed E-state index contributed by atoms with van der Waals surface area (Å²) in [6, 6.07) is 6.88. The van der Waals surface area contributed by atoms with Crippen LogP contribution < -0.4 is 0 Å². The smallest absolute Gasteiger partial charge is 0.259 e. The van der Waals surface area contributed by atoms with Gasteiger partial charge in [-0.15, -0.1) is 0 Å². The molecule has 0 spiro atoms. The molecule has 1 amide bonds. The molecule has 0 aliphatic carbocycles. The van der Waals surface area contributed by atoms with Crippen LogP contribution in [0.15, 0.2) is 24.3 Å². The number of carbonyl (C=O) groups excluding carboxylic acids is 1. The van der Waals surface area contributed by atoms with E-state index in [2.05, 4.69) is 0 Å². The van der Waals surface area contributed by atoms with Crippen molar-refractivity contribution in [2.24, 2.45) is 0 Å². The third-order valence-corrected chi connectivity index (χ3v) is 5.52. The van der Waals surface area contributed by atoms with Gasteiger partial charge < -0.3 is 5.11 Å². The Morgan fingerprint density at radius 3 is 2.44 bits per heavy atom. The monoisotopic (exact) mass is 269 g/mol. The second kappa shape index (κ2) is 4.07. The van der Waals surface area contributed by atoms with Crippen LogP contribution in [-0.2, 0) is 28.0 Å². The lowest BCUT2D eigenvalue weighted by atomic mass is 10.1. The van der Waals surface area contributed by atoms with E-state index in [1.807, 2.05) is 0 Å². The Balaban J connectivity index is 2.24. The lowest BCUT2D eigenvalue weighted by Crippen LogP contribution is -2.66. The molecule has 0 aromatic heterocycles. The standard InChI is InChI=1S/C12H15NO4S/c1-12(2)11(15)13(18(12,16)17)7-9-4-3-5-10(6-9)8-14/h3-6,14H,7-8H2,1-2H3. The largest absolute Gasteiger partial charge is 0.392 e. The number of hydrogen-bond donors (Lipinski definition) is 1. The summed E-state index contributed by atoms with van der Waals surface area (Å²) in [7, 11) is -3.55. The lowest BCUT2D eigenvalue weighted by molar-refractivity contribution is -0.132. The second-order valence-electron chi connectivity index (χ2n) is 4.81. The summed E-state index contributed by atoms with van der Waals surface area (Å²) in [5.41, 5.74) is 1.38. The number of benzene rings is 1. The highest BCUT2D eigenvalue weighted by Crippen LogP contribution is 2.35. The Labute approximate surface area is 106 Å². The fourth-order valence-corrected chi connectivity index (χ4v) is 3.42. The van der Waals surface area contributed by atoms with Gasteiger partial charge in [0.2, 0.25) is 0 Å². The minimum Gasteiger partial charge on any atom is -0.392 e. The molecule has 1 saturated heterocycles. The summed E-state index contributed by atoms with van der Waals surface area (Å²) >= 11 is 0. The van der Waals surface area contributed by atoms with Gasteiger partial charge in [-0.3, -0.25) is 4.79 Å². The molecule has 6 heteroatoms. The first-order chi connectivity index (χ1) is 8.30. The van der Waals surface area contributed by atoms with Crippen LogP contribution in [0.5, 0.6) is 0 Å². The van der Waals surface area contributed by atoms with Crippen molar-refractivity contribution in [2.45, 2.75) is 31.7 Å². The van der Waals surface area contributed by atoms with Crippen molar-refractivity contribution in [1.82, 2.24) is 4.31 Å². The van der Waals surface area contributed by atoms with Gasteiger partial charge in [0.1, 0.15) is 0 Å². The number of nitrogens with zero attached hydrogens (tertiary/aromatic N) is 1. The van der Waals surface area contributed by atoms with E-state index >= 15 is 0 Å². The van der Waals surface area contributed by atoms with Crippen molar-refractivity contribution in [3.63, 3.8) is 0 Å². The Bertz CT molecular complexity index is 592. The maximum atomic E-state index is 11.9. The molecule has 1 aliphatic rings. The quantitative estimate of drug-likeness (QED) is 0.873. The zero-order valence-electron chi connectivity index (χ0n) is 10.3. The highest BCUT2D eigenvalue weighted by molar-refractivity contribution is 7.94. The Morgan fingerprint density at radius 1 is 1.28 bits per heavy atom. The van der Waals surface area contributed by atoms with Crippen molar-refractivity contribution in [1.29, 1.82) is 0 Å². The summed E-state index contributed by atoms with van der Waals surface area (Å²) in [5.74, 6) is -0.392. The maximum Gasteiger partial charge on any atom is 0.259 e. The van der Waals surface area contributed by atoms with Crippen LogP contribution in [0.2, 0.25) is 0 Å². The van der Waals surface area contributed by atoms with E-state index in [1.54, 1.807) is 24.3 Å². The number of aliphatic hydroxyl groups excluding tert-OH is 1. The molecule has 0 atom stereocenters. The minimum atomic E-state index is -3.55. The first kappa shape index (κ1) is 13.0. The SMILES string of the molecule is CC1(C)C(=O)N(Cc2cccc(CO)c2)S1(=O)=O. The van der Waals surface area contributed by atoms with Gasteiger partial charge in [0.05, 0.1) is 13.2 Å². The van der Waals surface area contributed by atoms with Gasteiger partial charge in [0.25, 0.3) is 15.9 Å². The average Bonchev–Trinajstić information content (AvgIpc) is 2.35. The molecule has 5 nitrogen and oxygen atoms in total. The average molecular weight is 269 g/mol. The van der Waals surface area contributed by atoms with E-state index in [0.29, 0.717) is 11.1 Å². The number of amides is 1. The molecule has 1 aromatic carbocycles. The van der Waals surface area contributed by atoms with E-state index in [9.17, 15) is 13.2 Å². The van der Waals surface area contributed by atoms with Crippen molar-refractivity contribution in [3.8, 4) is 0 Å². The Hall–Kier alpha value is -1.40. The summed E-state index contributed by atoms with van der Waals surface area (Å²) in [5, 5.41) is 9.01. The summed E-state index contributed by atoms with van der Waals surface area (Å²) in [6.45, 7) is 2.73. The van der Waals surface area contributed by atoms with Crippen LogP contribution >= 0.6 is 0 Å². The van der Waals surface area contributed by atoms with Gasteiger partial charge in [-0.1, -0.05) is 24.3 Å². The molecule has 1 fully saturated rings. The Kier molecular flexibility index (Phi) is 2.95. The first-order valence-electron chi connectivity index (χ1n) is 5.56. The van der Waals surface area contributed by atoms with Crippen LogP contribution in [0.4, 0.5) is 0 Å². The maximum absolute atomic E-state index is 11.9. The third-order valence-electron chi connectivity index (χ3n) is 3.18. The highest BCUT2D eigenvalue weighted by atomic mass is 32.2. The minimum absolute atomic E-state index is 0.0262. The highest BCUT2D eigenvalue weighted by Gasteiger charge is 2.59. The zero-order chi connectivity index (χ0) is 13.6. The number of carbonyl (C=O) groups is 1. The van der Waals surface area contributed by atoms with Crippen LogP contribution in [0.25, 0.3) is 0 Å². The predicted molar refractivity (Wildman–Crippen MR) is 65.9 cm³/mol. The van der Waals surface area contributed by atoms with Crippen molar-refractivity contribution < 1.29 is 18.3 Å². The zero-order valence-corrected chi connectivity index (χ0v) is 11.1. The van der Waals surface area contributed by atoms with Crippen LogP contribution in [0.1, 0.15) is 25.0 Å². The molecule has 18 heavy (non-hydrogen) atoms. The number of aliphatic hydroxyl groups is 1. The van der Waals surface area contributed by atoms with Gasteiger partial charge in [-0.05, 0) is 25.0 Å². The number of rotatable bonds is 3. The fraction of sp³-hybridized carbons (Fsp3) is 0.417. The molecule has 1 heterocycles. The van der Waals surface area contributed by atoms with Gasteiger partial charge in [0, 0.05) is 0 Å². The summed E-state index contributed by atoms with van der Waals surface area (Å²) in [4.78, 5) is 11.8. The lowest BCUT2D eigenvalue weighted by Gasteiger charge is -2.43. The number of sulfonamides is 1. The Morgan fingerprint density at radius 2 is 1.89 bits per heavy atom. The molecule has 1 aliphatic heterocycles. The first-order valence-corrected chi connectivity index (χ1v) is 7.00. The van der Waals surface area contributed by atoms with Crippen LogP contribution in [0, 0.1) is 0 Å². The molecule has 0 radical (unpaired) electrons. The van der Waals surface area contributed by atoms with Gasteiger partial charge in [-0.25, -0.2) is 12.7 Å². The molecule has 1 N–H and O–H groups in total. The van der Waals surface area contributed by atoms with E-state index < -0.39 is 20.7 Å². The van der Waals surface area contributed by atoms with E-state index in [-0.39, 0.29) is 13.2 Å². The molecular formula is C12H15NO4S. The van der Waals surface area contributed by atoms with Gasteiger partial charge in [-0.2, -0.15) is 0 Å². The van der Waals surface area contributed by atoms with Gasteiger partial charge in [0.15, 0.2) is 4.75 Å². The predicted octanol–water partition coefficient (Wildman–Crippen LogP) is 0.630.